The molecule has 0 aliphatic heterocycles. The highest BCUT2D eigenvalue weighted by Crippen LogP contribution is 2.30. The summed E-state index contributed by atoms with van der Waals surface area (Å²) >= 11 is 0. The molecule has 1 heterocycles. The molecule has 0 aliphatic rings. The summed E-state index contributed by atoms with van der Waals surface area (Å²) in [6.07, 6.45) is -0.348. The normalized spacial score (nSPS) is 13.8. The Balaban J connectivity index is 2.16. The van der Waals surface area contributed by atoms with E-state index in [9.17, 15) is 21.6 Å². The summed E-state index contributed by atoms with van der Waals surface area (Å²) in [5.74, 6) is -0.0538. The molecule has 0 saturated heterocycles. The monoisotopic (exact) mass is 347 g/mol. The zero-order valence-corrected chi connectivity index (χ0v) is 13.3. The molecule has 0 bridgehead atoms. The van der Waals surface area contributed by atoms with Crippen molar-refractivity contribution in [3.8, 4) is 5.69 Å². The highest BCUT2D eigenvalue weighted by Gasteiger charge is 2.30. The number of anilines is 1. The van der Waals surface area contributed by atoms with Gasteiger partial charge in [0.25, 0.3) is 0 Å². The molecule has 0 saturated carbocycles. The summed E-state index contributed by atoms with van der Waals surface area (Å²) < 4.78 is 61.9. The van der Waals surface area contributed by atoms with Gasteiger partial charge in [0.2, 0.25) is 0 Å². The minimum atomic E-state index is -4.42. The van der Waals surface area contributed by atoms with Crippen LogP contribution in [0.3, 0.4) is 0 Å². The van der Waals surface area contributed by atoms with E-state index in [1.54, 1.807) is 6.92 Å². The Morgan fingerprint density at radius 2 is 2.04 bits per heavy atom. The van der Waals surface area contributed by atoms with E-state index in [0.717, 1.165) is 18.4 Å². The first-order chi connectivity index (χ1) is 10.5. The number of aromatic nitrogens is 2. The molecule has 0 radical (unpaired) electrons. The predicted molar refractivity (Wildman–Crippen MR) is 81.4 cm³/mol. The summed E-state index contributed by atoms with van der Waals surface area (Å²) in [7, 11) is -3.13. The van der Waals surface area contributed by atoms with E-state index < -0.39 is 21.6 Å². The number of halogens is 3. The fourth-order valence-electron chi connectivity index (χ4n) is 2.14. The minimum Gasteiger partial charge on any atom is -0.379 e. The Bertz CT molecular complexity index is 785. The SMILES string of the molecule is CC(CS(C)(=O)=O)Nc1cnn(-c2cccc(C(F)(F)F)c2)c1. The van der Waals surface area contributed by atoms with Gasteiger partial charge in [-0.2, -0.15) is 18.3 Å². The van der Waals surface area contributed by atoms with Crippen LogP contribution in [0.5, 0.6) is 0 Å². The van der Waals surface area contributed by atoms with Crippen molar-refractivity contribution in [1.29, 1.82) is 0 Å². The summed E-state index contributed by atoms with van der Waals surface area (Å²) in [5.41, 5.74) is 0.0349. The lowest BCUT2D eigenvalue weighted by Gasteiger charge is -2.12. The molecule has 23 heavy (non-hydrogen) atoms. The average Bonchev–Trinajstić information content (AvgIpc) is 2.84. The van der Waals surface area contributed by atoms with Gasteiger partial charge in [0.1, 0.15) is 9.84 Å². The minimum absolute atomic E-state index is 0.0538. The molecule has 0 aliphatic carbocycles. The molecule has 0 fully saturated rings. The van der Waals surface area contributed by atoms with Gasteiger partial charge >= 0.3 is 6.18 Å². The molecule has 9 heteroatoms. The zero-order valence-electron chi connectivity index (χ0n) is 12.5. The van der Waals surface area contributed by atoms with Crippen molar-refractivity contribution < 1.29 is 21.6 Å². The molecule has 2 aromatic rings. The number of sulfone groups is 1. The molecule has 5 nitrogen and oxygen atoms in total. The Labute approximate surface area is 132 Å². The van der Waals surface area contributed by atoms with Crippen LogP contribution in [0.1, 0.15) is 12.5 Å². The molecule has 0 spiro atoms. The molecule has 1 aromatic carbocycles. The van der Waals surface area contributed by atoms with Crippen LogP contribution >= 0.6 is 0 Å². The number of benzene rings is 1. The molecule has 1 aromatic heterocycles. The van der Waals surface area contributed by atoms with E-state index in [1.165, 1.54) is 29.2 Å². The van der Waals surface area contributed by atoms with Crippen molar-refractivity contribution in [2.75, 3.05) is 17.3 Å². The lowest BCUT2D eigenvalue weighted by molar-refractivity contribution is -0.137. The lowest BCUT2D eigenvalue weighted by Crippen LogP contribution is -2.24. The topological polar surface area (TPSA) is 64.0 Å². The number of rotatable bonds is 5. The van der Waals surface area contributed by atoms with Gasteiger partial charge in [-0.25, -0.2) is 13.1 Å². The van der Waals surface area contributed by atoms with Gasteiger partial charge in [0.15, 0.2) is 0 Å². The van der Waals surface area contributed by atoms with Crippen LogP contribution in [0.2, 0.25) is 0 Å². The average molecular weight is 347 g/mol. The van der Waals surface area contributed by atoms with Gasteiger partial charge in [-0.1, -0.05) is 6.07 Å². The van der Waals surface area contributed by atoms with Crippen molar-refractivity contribution in [3.05, 3.63) is 42.2 Å². The van der Waals surface area contributed by atoms with E-state index in [4.69, 9.17) is 0 Å². The molecule has 1 unspecified atom stereocenters. The second-order valence-electron chi connectivity index (χ2n) is 5.36. The molecule has 0 amide bonds. The van der Waals surface area contributed by atoms with Crippen molar-refractivity contribution >= 4 is 15.5 Å². The van der Waals surface area contributed by atoms with Crippen LogP contribution < -0.4 is 5.32 Å². The number of alkyl halides is 3. The van der Waals surface area contributed by atoms with Crippen LogP contribution in [0, 0.1) is 0 Å². The Hall–Kier alpha value is -2.03. The summed E-state index contributed by atoms with van der Waals surface area (Å²) in [4.78, 5) is 0. The maximum Gasteiger partial charge on any atom is 0.416 e. The van der Waals surface area contributed by atoms with Crippen molar-refractivity contribution in [2.45, 2.75) is 19.1 Å². The number of nitrogens with zero attached hydrogens (tertiary/aromatic N) is 2. The van der Waals surface area contributed by atoms with Crippen LogP contribution in [0.15, 0.2) is 36.7 Å². The highest BCUT2D eigenvalue weighted by molar-refractivity contribution is 7.90. The first-order valence-corrected chi connectivity index (χ1v) is 8.77. The number of nitrogens with one attached hydrogen (secondary N) is 1. The number of hydrogen-bond acceptors (Lipinski definition) is 4. The fraction of sp³-hybridized carbons (Fsp3) is 0.357. The van der Waals surface area contributed by atoms with E-state index in [1.807, 2.05) is 0 Å². The van der Waals surface area contributed by atoms with E-state index in [0.29, 0.717) is 5.69 Å². The van der Waals surface area contributed by atoms with Gasteiger partial charge in [-0.3, -0.25) is 0 Å². The predicted octanol–water partition coefficient (Wildman–Crippen LogP) is 2.74. The second-order valence-corrected chi connectivity index (χ2v) is 7.54. The van der Waals surface area contributed by atoms with E-state index in [2.05, 4.69) is 10.4 Å². The third-order valence-corrected chi connectivity index (χ3v) is 4.09. The van der Waals surface area contributed by atoms with Gasteiger partial charge in [0.05, 0.1) is 35.1 Å². The molecular weight excluding hydrogens is 331 g/mol. The van der Waals surface area contributed by atoms with E-state index >= 15 is 0 Å². The van der Waals surface area contributed by atoms with Crippen molar-refractivity contribution in [1.82, 2.24) is 9.78 Å². The fourth-order valence-corrected chi connectivity index (χ4v) is 3.14. The van der Waals surface area contributed by atoms with Crippen LogP contribution in [-0.4, -0.2) is 36.2 Å². The molecule has 126 valence electrons. The zero-order chi connectivity index (χ0) is 17.3. The summed E-state index contributed by atoms with van der Waals surface area (Å²) in [5, 5.41) is 6.95. The maximum absolute atomic E-state index is 12.7. The standard InChI is InChI=1S/C14H16F3N3O2S/c1-10(9-23(2,21)22)19-12-7-18-20(8-12)13-5-3-4-11(6-13)14(15,16)17/h3-8,10,19H,9H2,1-2H3. The van der Waals surface area contributed by atoms with Crippen LogP contribution in [0.25, 0.3) is 5.69 Å². The molecule has 2 rings (SSSR count). The quantitative estimate of drug-likeness (QED) is 0.903. The smallest absolute Gasteiger partial charge is 0.379 e. The number of hydrogen-bond donors (Lipinski definition) is 1. The third kappa shape index (κ3) is 4.98. The van der Waals surface area contributed by atoms with Crippen molar-refractivity contribution in [3.63, 3.8) is 0 Å². The lowest BCUT2D eigenvalue weighted by atomic mass is 10.2. The largest absolute Gasteiger partial charge is 0.416 e. The maximum atomic E-state index is 12.7. The summed E-state index contributed by atoms with van der Waals surface area (Å²) in [6, 6.07) is 4.45. The van der Waals surface area contributed by atoms with E-state index in [-0.39, 0.29) is 17.5 Å². The van der Waals surface area contributed by atoms with Gasteiger partial charge in [0, 0.05) is 12.3 Å². The van der Waals surface area contributed by atoms with Gasteiger partial charge < -0.3 is 5.32 Å². The van der Waals surface area contributed by atoms with Crippen molar-refractivity contribution in [2.24, 2.45) is 0 Å². The summed E-state index contributed by atoms with van der Waals surface area (Å²) in [6.45, 7) is 1.70. The second kappa shape index (κ2) is 6.23. The van der Waals surface area contributed by atoms with Gasteiger partial charge in [-0.15, -0.1) is 0 Å². The molecular formula is C14H16F3N3O2S. The first-order valence-electron chi connectivity index (χ1n) is 6.71. The Kier molecular flexibility index (Phi) is 4.69. The Morgan fingerprint density at radius 3 is 2.65 bits per heavy atom. The highest BCUT2D eigenvalue weighted by atomic mass is 32.2. The molecule has 1 atom stereocenters. The van der Waals surface area contributed by atoms with Crippen LogP contribution in [-0.2, 0) is 16.0 Å². The van der Waals surface area contributed by atoms with Crippen LogP contribution in [0.4, 0.5) is 18.9 Å². The van der Waals surface area contributed by atoms with Gasteiger partial charge in [-0.05, 0) is 25.1 Å². The Morgan fingerprint density at radius 1 is 1.35 bits per heavy atom. The first kappa shape index (κ1) is 17.3. The third-order valence-electron chi connectivity index (χ3n) is 2.99. The molecule has 1 N–H and O–H groups in total.